The normalized spacial score (nSPS) is 16.3. The van der Waals surface area contributed by atoms with Crippen LogP contribution in [-0.4, -0.2) is 38.6 Å². The number of piperidine rings is 1. The van der Waals surface area contributed by atoms with E-state index in [1.165, 1.54) is 12.4 Å². The van der Waals surface area contributed by atoms with E-state index in [-0.39, 0.29) is 6.04 Å². The maximum atomic E-state index is 13.5. The monoisotopic (exact) mass is 358 g/mol. The molecule has 6 nitrogen and oxygen atoms in total. The summed E-state index contributed by atoms with van der Waals surface area (Å²) in [5, 5.41) is 7.30. The number of rotatable bonds is 4. The third-order valence-electron chi connectivity index (χ3n) is 4.75. The summed E-state index contributed by atoms with van der Waals surface area (Å²) in [5.74, 6) is -1.23. The summed E-state index contributed by atoms with van der Waals surface area (Å²) < 4.78 is 28.4. The average molecular weight is 358 g/mol. The minimum Gasteiger partial charge on any atom is -0.338 e. The van der Waals surface area contributed by atoms with E-state index >= 15 is 0 Å². The van der Waals surface area contributed by atoms with Gasteiger partial charge in [0.1, 0.15) is 11.8 Å². The maximum absolute atomic E-state index is 13.5. The molecule has 0 saturated carbocycles. The van der Waals surface area contributed by atoms with Crippen molar-refractivity contribution in [3.63, 3.8) is 0 Å². The van der Waals surface area contributed by atoms with Crippen molar-refractivity contribution >= 4 is 17.0 Å². The fraction of sp³-hybridized carbons (Fsp3) is 0.333. The van der Waals surface area contributed by atoms with Crippen molar-refractivity contribution < 1.29 is 8.78 Å². The number of halogens is 2. The Hall–Kier alpha value is -2.58. The summed E-state index contributed by atoms with van der Waals surface area (Å²) in [4.78, 5) is 6.65. The van der Waals surface area contributed by atoms with Gasteiger partial charge in [-0.3, -0.25) is 4.90 Å². The standard InChI is InChI=1S/C18H20F2N6/c19-15-2-1-14(9-16(15)20)24-18-17-12(3-8-26(17)23-11-22-18)10-25-6-4-13(21)5-7-25/h1-3,8-9,11,13H,4-7,10,21H2,(H,22,23,24). The number of fused-ring (bicyclic) bond motifs is 1. The number of nitrogens with zero attached hydrogens (tertiary/aromatic N) is 4. The lowest BCUT2D eigenvalue weighted by Gasteiger charge is -2.29. The second kappa shape index (κ2) is 6.97. The van der Waals surface area contributed by atoms with Gasteiger partial charge in [0.25, 0.3) is 0 Å². The number of hydrogen-bond donors (Lipinski definition) is 2. The SMILES string of the molecule is NC1CCN(Cc2ccn3ncnc(Nc4ccc(F)c(F)c4)c23)CC1. The Labute approximate surface area is 149 Å². The number of nitrogens with two attached hydrogens (primary N) is 1. The number of nitrogens with one attached hydrogen (secondary N) is 1. The molecular weight excluding hydrogens is 338 g/mol. The van der Waals surface area contributed by atoms with Gasteiger partial charge < -0.3 is 11.1 Å². The van der Waals surface area contributed by atoms with Crippen LogP contribution in [0, 0.1) is 11.6 Å². The minimum atomic E-state index is -0.902. The zero-order chi connectivity index (χ0) is 18.1. The highest BCUT2D eigenvalue weighted by molar-refractivity contribution is 5.76. The van der Waals surface area contributed by atoms with Crippen molar-refractivity contribution in [1.29, 1.82) is 0 Å². The molecule has 3 aromatic rings. The smallest absolute Gasteiger partial charge is 0.160 e. The molecule has 0 amide bonds. The lowest BCUT2D eigenvalue weighted by molar-refractivity contribution is 0.206. The topological polar surface area (TPSA) is 71.5 Å². The van der Waals surface area contributed by atoms with Crippen molar-refractivity contribution in [1.82, 2.24) is 19.5 Å². The fourth-order valence-corrected chi connectivity index (χ4v) is 3.30. The summed E-state index contributed by atoms with van der Waals surface area (Å²) in [5.41, 5.74) is 8.31. The van der Waals surface area contributed by atoms with Gasteiger partial charge in [-0.2, -0.15) is 5.10 Å². The molecule has 0 aliphatic carbocycles. The van der Waals surface area contributed by atoms with E-state index in [9.17, 15) is 8.78 Å². The zero-order valence-electron chi connectivity index (χ0n) is 14.2. The molecule has 136 valence electrons. The van der Waals surface area contributed by atoms with E-state index in [0.717, 1.165) is 55.7 Å². The average Bonchev–Trinajstić information content (AvgIpc) is 3.04. The van der Waals surface area contributed by atoms with E-state index < -0.39 is 11.6 Å². The zero-order valence-corrected chi connectivity index (χ0v) is 14.2. The van der Waals surface area contributed by atoms with Crippen molar-refractivity contribution in [2.24, 2.45) is 5.73 Å². The Balaban J connectivity index is 1.62. The molecule has 1 aliphatic heterocycles. The molecular formula is C18H20F2N6. The Morgan fingerprint density at radius 2 is 1.96 bits per heavy atom. The van der Waals surface area contributed by atoms with E-state index in [0.29, 0.717) is 11.5 Å². The summed E-state index contributed by atoms with van der Waals surface area (Å²) in [6.45, 7) is 2.68. The highest BCUT2D eigenvalue weighted by Crippen LogP contribution is 2.25. The summed E-state index contributed by atoms with van der Waals surface area (Å²) >= 11 is 0. The van der Waals surface area contributed by atoms with Gasteiger partial charge in [-0.15, -0.1) is 0 Å². The first kappa shape index (κ1) is 16.9. The van der Waals surface area contributed by atoms with Gasteiger partial charge in [0.2, 0.25) is 0 Å². The molecule has 0 radical (unpaired) electrons. The third kappa shape index (κ3) is 3.38. The Bertz CT molecular complexity index is 917. The largest absolute Gasteiger partial charge is 0.338 e. The number of hydrogen-bond acceptors (Lipinski definition) is 5. The lowest BCUT2D eigenvalue weighted by atomic mass is 10.1. The third-order valence-corrected chi connectivity index (χ3v) is 4.75. The number of benzene rings is 1. The van der Waals surface area contributed by atoms with Gasteiger partial charge >= 0.3 is 0 Å². The molecule has 1 saturated heterocycles. The van der Waals surface area contributed by atoms with Gasteiger partial charge in [-0.25, -0.2) is 18.3 Å². The second-order valence-electron chi connectivity index (χ2n) is 6.61. The maximum Gasteiger partial charge on any atom is 0.160 e. The molecule has 0 spiro atoms. The first-order valence-corrected chi connectivity index (χ1v) is 8.61. The van der Waals surface area contributed by atoms with E-state index in [2.05, 4.69) is 20.3 Å². The van der Waals surface area contributed by atoms with Crippen LogP contribution in [0.5, 0.6) is 0 Å². The van der Waals surface area contributed by atoms with Crippen LogP contribution in [-0.2, 0) is 6.54 Å². The van der Waals surface area contributed by atoms with E-state index in [4.69, 9.17) is 5.73 Å². The molecule has 1 aromatic carbocycles. The highest BCUT2D eigenvalue weighted by Gasteiger charge is 2.19. The second-order valence-corrected chi connectivity index (χ2v) is 6.61. The molecule has 0 bridgehead atoms. The molecule has 2 aromatic heterocycles. The van der Waals surface area contributed by atoms with Crippen molar-refractivity contribution in [2.45, 2.75) is 25.4 Å². The Kier molecular flexibility index (Phi) is 4.52. The molecule has 0 unspecified atom stereocenters. The van der Waals surface area contributed by atoms with Gasteiger partial charge in [0.15, 0.2) is 17.5 Å². The molecule has 3 heterocycles. The molecule has 26 heavy (non-hydrogen) atoms. The summed E-state index contributed by atoms with van der Waals surface area (Å²) in [7, 11) is 0. The Morgan fingerprint density at radius 3 is 2.73 bits per heavy atom. The van der Waals surface area contributed by atoms with Crippen molar-refractivity contribution in [3.05, 3.63) is 54.0 Å². The van der Waals surface area contributed by atoms with Gasteiger partial charge in [-0.05, 0) is 49.7 Å². The van der Waals surface area contributed by atoms with Crippen LogP contribution in [0.15, 0.2) is 36.8 Å². The predicted molar refractivity (Wildman–Crippen MR) is 95.1 cm³/mol. The highest BCUT2D eigenvalue weighted by atomic mass is 19.2. The van der Waals surface area contributed by atoms with Crippen LogP contribution in [0.25, 0.3) is 5.52 Å². The quantitative estimate of drug-likeness (QED) is 0.750. The number of anilines is 2. The van der Waals surface area contributed by atoms with Gasteiger partial charge in [0, 0.05) is 30.5 Å². The van der Waals surface area contributed by atoms with Crippen LogP contribution >= 0.6 is 0 Å². The molecule has 1 fully saturated rings. The van der Waals surface area contributed by atoms with Gasteiger partial charge in [-0.1, -0.05) is 0 Å². The fourth-order valence-electron chi connectivity index (χ4n) is 3.30. The molecule has 8 heteroatoms. The molecule has 0 atom stereocenters. The minimum absolute atomic E-state index is 0.283. The van der Waals surface area contributed by atoms with Crippen LogP contribution in [0.3, 0.4) is 0 Å². The first-order chi connectivity index (χ1) is 12.6. The molecule has 4 rings (SSSR count). The lowest BCUT2D eigenvalue weighted by Crippen LogP contribution is -2.39. The van der Waals surface area contributed by atoms with Crippen LogP contribution in [0.4, 0.5) is 20.3 Å². The van der Waals surface area contributed by atoms with Crippen LogP contribution in [0.2, 0.25) is 0 Å². The molecule has 1 aliphatic rings. The van der Waals surface area contributed by atoms with E-state index in [1.807, 2.05) is 12.3 Å². The van der Waals surface area contributed by atoms with Crippen molar-refractivity contribution in [3.8, 4) is 0 Å². The summed E-state index contributed by atoms with van der Waals surface area (Å²) in [6, 6.07) is 5.97. The predicted octanol–water partition coefficient (Wildman–Crippen LogP) is 2.67. The summed E-state index contributed by atoms with van der Waals surface area (Å²) in [6.07, 6.45) is 5.28. The number of likely N-dealkylation sites (tertiary alicyclic amines) is 1. The van der Waals surface area contributed by atoms with Crippen molar-refractivity contribution in [2.75, 3.05) is 18.4 Å². The van der Waals surface area contributed by atoms with Gasteiger partial charge in [0.05, 0.1) is 0 Å². The Morgan fingerprint density at radius 1 is 1.15 bits per heavy atom. The molecule has 3 N–H and O–H groups in total. The first-order valence-electron chi connectivity index (χ1n) is 8.61. The van der Waals surface area contributed by atoms with Crippen LogP contribution < -0.4 is 11.1 Å². The number of aromatic nitrogens is 3. The van der Waals surface area contributed by atoms with Crippen LogP contribution in [0.1, 0.15) is 18.4 Å². The van der Waals surface area contributed by atoms with E-state index in [1.54, 1.807) is 4.52 Å².